The quantitative estimate of drug-likeness (QED) is 0.738. The van der Waals surface area contributed by atoms with E-state index in [2.05, 4.69) is 11.3 Å². The number of hydrogen-bond donors (Lipinski definition) is 0. The monoisotopic (exact) mass is 284 g/mol. The number of hydrogen-bond acceptors (Lipinski definition) is 1. The van der Waals surface area contributed by atoms with E-state index in [0.717, 1.165) is 19.2 Å². The maximum Gasteiger partial charge on any atom is 0.425 e. The third-order valence-corrected chi connectivity index (χ3v) is 2.76. The average molecular weight is 285 g/mol. The summed E-state index contributed by atoms with van der Waals surface area (Å²) in [6.07, 6.45) is -3.98. The Morgan fingerprint density at radius 2 is 1.65 bits per heavy atom. The summed E-state index contributed by atoms with van der Waals surface area (Å²) in [6, 6.07) is 3.63. The first-order valence-electron chi connectivity index (χ1n) is 4.49. The van der Waals surface area contributed by atoms with Crippen molar-refractivity contribution < 1.29 is 17.9 Å². The van der Waals surface area contributed by atoms with Crippen LogP contribution in [0.4, 0.5) is 13.2 Å². The van der Waals surface area contributed by atoms with E-state index in [0.29, 0.717) is 6.08 Å². The van der Waals surface area contributed by atoms with Crippen molar-refractivity contribution in [2.75, 3.05) is 7.11 Å². The first-order chi connectivity index (χ1) is 7.76. The topological polar surface area (TPSA) is 9.23 Å². The van der Waals surface area contributed by atoms with Crippen LogP contribution in [0.5, 0.6) is 0 Å². The van der Waals surface area contributed by atoms with Crippen molar-refractivity contribution in [3.05, 3.63) is 46.5 Å². The van der Waals surface area contributed by atoms with Crippen molar-refractivity contribution >= 4 is 23.2 Å². The summed E-state index contributed by atoms with van der Waals surface area (Å²) in [6.45, 7) is 3.18. The summed E-state index contributed by atoms with van der Waals surface area (Å²) >= 11 is 11.4. The molecular weight excluding hydrogens is 276 g/mol. The van der Waals surface area contributed by atoms with Gasteiger partial charge in [0.2, 0.25) is 5.60 Å². The van der Waals surface area contributed by atoms with Gasteiger partial charge in [-0.3, -0.25) is 0 Å². The highest BCUT2D eigenvalue weighted by Gasteiger charge is 2.54. The van der Waals surface area contributed by atoms with Gasteiger partial charge in [0.15, 0.2) is 0 Å². The van der Waals surface area contributed by atoms with Gasteiger partial charge in [-0.15, -0.1) is 0 Å². The van der Waals surface area contributed by atoms with Crippen LogP contribution in [0.2, 0.25) is 10.0 Å². The van der Waals surface area contributed by atoms with Gasteiger partial charge in [0.25, 0.3) is 0 Å². The highest BCUT2D eigenvalue weighted by Crippen LogP contribution is 2.44. The zero-order valence-electron chi connectivity index (χ0n) is 8.81. The second kappa shape index (κ2) is 4.88. The molecule has 0 heterocycles. The third kappa shape index (κ3) is 2.59. The Balaban J connectivity index is 3.47. The maximum atomic E-state index is 13.0. The summed E-state index contributed by atoms with van der Waals surface area (Å²) in [7, 11) is 0.948. The van der Waals surface area contributed by atoms with E-state index in [-0.39, 0.29) is 15.6 Å². The van der Waals surface area contributed by atoms with Crippen LogP contribution in [0.1, 0.15) is 5.56 Å². The van der Waals surface area contributed by atoms with Gasteiger partial charge in [-0.05, 0) is 29.8 Å². The number of rotatable bonds is 3. The van der Waals surface area contributed by atoms with Gasteiger partial charge in [-0.2, -0.15) is 13.2 Å². The van der Waals surface area contributed by atoms with Crippen molar-refractivity contribution in [1.82, 2.24) is 0 Å². The smallest absolute Gasteiger partial charge is 0.360 e. The number of ether oxygens (including phenoxy) is 1. The van der Waals surface area contributed by atoms with E-state index in [1.165, 1.54) is 6.07 Å². The Hall–Kier alpha value is -0.710. The standard InChI is InChI=1S/C11H9Cl2F3O/c1-3-10(17-2,11(14,15)16)7-4-8(12)6-9(13)5-7/h3-6H,1H2,2H3. The van der Waals surface area contributed by atoms with E-state index >= 15 is 0 Å². The molecule has 0 aromatic heterocycles. The summed E-state index contributed by atoms with van der Waals surface area (Å²) in [5.74, 6) is 0. The van der Waals surface area contributed by atoms with Gasteiger partial charge < -0.3 is 4.74 Å². The largest absolute Gasteiger partial charge is 0.425 e. The molecule has 0 aliphatic rings. The van der Waals surface area contributed by atoms with Crippen molar-refractivity contribution in [2.45, 2.75) is 11.8 Å². The molecule has 1 aromatic rings. The second-order valence-corrected chi connectivity index (χ2v) is 4.17. The molecule has 1 aromatic carbocycles. The predicted molar refractivity (Wildman–Crippen MR) is 61.4 cm³/mol. The summed E-state index contributed by atoms with van der Waals surface area (Å²) in [5.41, 5.74) is -2.82. The lowest BCUT2D eigenvalue weighted by Crippen LogP contribution is -2.42. The van der Waals surface area contributed by atoms with Gasteiger partial charge in [0.05, 0.1) is 0 Å². The van der Waals surface area contributed by atoms with Gasteiger partial charge in [0, 0.05) is 17.2 Å². The fourth-order valence-corrected chi connectivity index (χ4v) is 2.01. The molecule has 0 spiro atoms. The summed E-state index contributed by atoms with van der Waals surface area (Å²) in [4.78, 5) is 0. The van der Waals surface area contributed by atoms with Gasteiger partial charge in [0.1, 0.15) is 0 Å². The highest BCUT2D eigenvalue weighted by molar-refractivity contribution is 6.34. The zero-order chi connectivity index (χ0) is 13.3. The minimum absolute atomic E-state index is 0.0972. The molecule has 1 atom stereocenters. The number of halogens is 5. The van der Waals surface area contributed by atoms with Crippen LogP contribution in [0.15, 0.2) is 30.9 Å². The molecule has 0 saturated heterocycles. The molecule has 0 saturated carbocycles. The maximum absolute atomic E-state index is 13.0. The molecule has 1 nitrogen and oxygen atoms in total. The lowest BCUT2D eigenvalue weighted by atomic mass is 9.93. The Bertz CT molecular complexity index is 411. The molecule has 1 rings (SSSR count). The predicted octanol–water partition coefficient (Wildman–Crippen LogP) is 4.58. The van der Waals surface area contributed by atoms with Crippen LogP contribution >= 0.6 is 23.2 Å². The van der Waals surface area contributed by atoms with E-state index in [9.17, 15) is 13.2 Å². The number of methoxy groups -OCH3 is 1. The van der Waals surface area contributed by atoms with Crippen LogP contribution in [0.25, 0.3) is 0 Å². The average Bonchev–Trinajstić information content (AvgIpc) is 2.16. The van der Waals surface area contributed by atoms with Crippen molar-refractivity contribution in [3.63, 3.8) is 0 Å². The van der Waals surface area contributed by atoms with Crippen LogP contribution in [0.3, 0.4) is 0 Å². The van der Waals surface area contributed by atoms with E-state index in [1.807, 2.05) is 0 Å². The molecular formula is C11H9Cl2F3O. The molecule has 0 radical (unpaired) electrons. The molecule has 0 aliphatic carbocycles. The van der Waals surface area contributed by atoms with Crippen LogP contribution in [-0.2, 0) is 10.3 Å². The Labute approximate surface area is 107 Å². The Morgan fingerprint density at radius 1 is 1.18 bits per heavy atom. The minimum Gasteiger partial charge on any atom is -0.360 e. The molecule has 0 fully saturated rings. The molecule has 0 N–H and O–H groups in total. The van der Waals surface area contributed by atoms with Gasteiger partial charge >= 0.3 is 6.18 Å². The van der Waals surface area contributed by atoms with E-state index in [1.54, 1.807) is 0 Å². The molecule has 94 valence electrons. The van der Waals surface area contributed by atoms with Crippen LogP contribution in [0, 0.1) is 0 Å². The summed E-state index contributed by atoms with van der Waals surface area (Å²) in [5, 5.41) is 0.194. The minimum atomic E-state index is -4.66. The van der Waals surface area contributed by atoms with E-state index < -0.39 is 11.8 Å². The first kappa shape index (κ1) is 14.4. The van der Waals surface area contributed by atoms with Crippen LogP contribution in [-0.4, -0.2) is 13.3 Å². The molecule has 17 heavy (non-hydrogen) atoms. The number of alkyl halides is 3. The number of benzene rings is 1. The highest BCUT2D eigenvalue weighted by atomic mass is 35.5. The van der Waals surface area contributed by atoms with E-state index in [4.69, 9.17) is 23.2 Å². The fraction of sp³-hybridized carbons (Fsp3) is 0.273. The second-order valence-electron chi connectivity index (χ2n) is 3.30. The Kier molecular flexibility index (Phi) is 4.12. The molecule has 0 aliphatic heterocycles. The molecule has 6 heteroatoms. The lowest BCUT2D eigenvalue weighted by molar-refractivity contribution is -0.255. The normalized spacial score (nSPS) is 15.4. The fourth-order valence-electron chi connectivity index (χ4n) is 1.48. The van der Waals surface area contributed by atoms with Crippen molar-refractivity contribution in [3.8, 4) is 0 Å². The van der Waals surface area contributed by atoms with Crippen molar-refractivity contribution in [1.29, 1.82) is 0 Å². The van der Waals surface area contributed by atoms with Gasteiger partial charge in [-0.25, -0.2) is 0 Å². The lowest BCUT2D eigenvalue weighted by Gasteiger charge is -2.32. The summed E-state index contributed by atoms with van der Waals surface area (Å²) < 4.78 is 43.7. The van der Waals surface area contributed by atoms with Crippen LogP contribution < -0.4 is 0 Å². The van der Waals surface area contributed by atoms with Gasteiger partial charge in [-0.1, -0.05) is 29.8 Å². The first-order valence-corrected chi connectivity index (χ1v) is 5.24. The third-order valence-electron chi connectivity index (χ3n) is 2.32. The molecule has 0 amide bonds. The SMILES string of the molecule is C=CC(OC)(c1cc(Cl)cc(Cl)c1)C(F)(F)F. The van der Waals surface area contributed by atoms with Crippen molar-refractivity contribution in [2.24, 2.45) is 0 Å². The molecule has 0 bridgehead atoms. The Morgan fingerprint density at radius 3 is 1.94 bits per heavy atom. The zero-order valence-corrected chi connectivity index (χ0v) is 10.3. The molecule has 1 unspecified atom stereocenters.